The van der Waals surface area contributed by atoms with Crippen LogP contribution in [0.3, 0.4) is 0 Å². The van der Waals surface area contributed by atoms with Gasteiger partial charge >= 0.3 is 0 Å². The van der Waals surface area contributed by atoms with Crippen LogP contribution in [-0.4, -0.2) is 39.4 Å². The molecule has 0 aliphatic heterocycles. The van der Waals surface area contributed by atoms with Gasteiger partial charge in [-0.2, -0.15) is 5.10 Å². The fraction of sp³-hybridized carbons (Fsp3) is 0.318. The summed E-state index contributed by atoms with van der Waals surface area (Å²) >= 11 is 0. The van der Waals surface area contributed by atoms with Crippen LogP contribution in [0.25, 0.3) is 11.3 Å². The maximum absolute atomic E-state index is 12.0. The van der Waals surface area contributed by atoms with Crippen LogP contribution in [0.15, 0.2) is 42.9 Å². The number of carbonyl (C=O) groups excluding carboxylic acids is 1. The highest BCUT2D eigenvalue weighted by molar-refractivity contribution is 5.83. The summed E-state index contributed by atoms with van der Waals surface area (Å²) in [4.78, 5) is 21.0. The van der Waals surface area contributed by atoms with Crippen LogP contribution in [0.4, 0.5) is 11.6 Å². The SMILES string of the molecule is COCCn1cc(Nc2nccc(-c3ccc4c(c3)C(C(N)=O)CCC[CH]4)n2)cn1. The molecule has 2 heterocycles. The van der Waals surface area contributed by atoms with Gasteiger partial charge in [0, 0.05) is 25.1 Å². The number of nitrogens with one attached hydrogen (secondary N) is 1. The number of carbonyl (C=O) groups is 1. The van der Waals surface area contributed by atoms with E-state index < -0.39 is 0 Å². The summed E-state index contributed by atoms with van der Waals surface area (Å²) < 4.78 is 6.86. The number of nitrogens with zero attached hydrogens (tertiary/aromatic N) is 4. The standard InChI is InChI=1S/C22H25N6O2/c1-30-11-10-28-14-17(13-25-28)26-22-24-9-8-20(27-22)16-7-6-15-4-2-3-5-18(21(23)29)19(15)12-16/h4,6-9,12-14,18H,2-3,5,10-11H2,1H3,(H2,23,29)(H,24,26,27). The minimum Gasteiger partial charge on any atom is -0.383 e. The van der Waals surface area contributed by atoms with Crippen molar-refractivity contribution in [3.8, 4) is 11.3 Å². The molecule has 0 fully saturated rings. The van der Waals surface area contributed by atoms with Crippen molar-refractivity contribution in [3.05, 3.63) is 60.4 Å². The van der Waals surface area contributed by atoms with Crippen molar-refractivity contribution >= 4 is 17.5 Å². The number of hydrogen-bond acceptors (Lipinski definition) is 6. The van der Waals surface area contributed by atoms with Gasteiger partial charge < -0.3 is 15.8 Å². The minimum atomic E-state index is -0.278. The van der Waals surface area contributed by atoms with Gasteiger partial charge in [-0.05, 0) is 42.5 Å². The molecular formula is C22H25N6O2. The van der Waals surface area contributed by atoms with E-state index in [1.165, 1.54) is 0 Å². The Labute approximate surface area is 175 Å². The summed E-state index contributed by atoms with van der Waals surface area (Å²) in [5, 5.41) is 7.47. The predicted molar refractivity (Wildman–Crippen MR) is 114 cm³/mol. The number of hydrogen-bond donors (Lipinski definition) is 2. The lowest BCUT2D eigenvalue weighted by molar-refractivity contribution is -0.119. The molecule has 1 unspecified atom stereocenters. The van der Waals surface area contributed by atoms with E-state index in [0.717, 1.165) is 47.3 Å². The van der Waals surface area contributed by atoms with Gasteiger partial charge in [0.1, 0.15) is 0 Å². The lowest BCUT2D eigenvalue weighted by Crippen LogP contribution is -2.21. The number of nitrogens with two attached hydrogens (primary N) is 1. The van der Waals surface area contributed by atoms with Crippen LogP contribution in [0, 0.1) is 6.42 Å². The molecule has 0 bridgehead atoms. The molecule has 1 aliphatic rings. The average molecular weight is 405 g/mol. The van der Waals surface area contributed by atoms with E-state index in [2.05, 4.69) is 26.8 Å². The monoisotopic (exact) mass is 405 g/mol. The van der Waals surface area contributed by atoms with E-state index in [4.69, 9.17) is 10.5 Å². The fourth-order valence-corrected chi connectivity index (χ4v) is 3.70. The van der Waals surface area contributed by atoms with Gasteiger partial charge in [-0.25, -0.2) is 9.97 Å². The topological polar surface area (TPSA) is 108 Å². The van der Waals surface area contributed by atoms with Crippen molar-refractivity contribution in [2.75, 3.05) is 19.0 Å². The van der Waals surface area contributed by atoms with E-state index in [-0.39, 0.29) is 11.8 Å². The molecule has 8 heteroatoms. The van der Waals surface area contributed by atoms with Gasteiger partial charge in [0.2, 0.25) is 11.9 Å². The molecule has 30 heavy (non-hydrogen) atoms. The van der Waals surface area contributed by atoms with Crippen molar-refractivity contribution < 1.29 is 9.53 Å². The van der Waals surface area contributed by atoms with Crippen LogP contribution in [0.5, 0.6) is 0 Å². The number of primary amides is 1. The first-order chi connectivity index (χ1) is 14.6. The molecule has 2 aromatic heterocycles. The van der Waals surface area contributed by atoms with E-state index >= 15 is 0 Å². The Balaban J connectivity index is 1.58. The number of ether oxygens (including phenoxy) is 1. The first kappa shape index (κ1) is 20.0. The van der Waals surface area contributed by atoms with E-state index in [9.17, 15) is 4.79 Å². The fourth-order valence-electron chi connectivity index (χ4n) is 3.70. The van der Waals surface area contributed by atoms with Crippen molar-refractivity contribution in [2.45, 2.75) is 31.7 Å². The zero-order valence-electron chi connectivity index (χ0n) is 16.9. The molecule has 1 atom stereocenters. The Kier molecular flexibility index (Phi) is 6.04. The smallest absolute Gasteiger partial charge is 0.227 e. The first-order valence-corrected chi connectivity index (χ1v) is 10.0. The molecule has 3 aromatic rings. The molecule has 0 spiro atoms. The van der Waals surface area contributed by atoms with Gasteiger partial charge in [0.25, 0.3) is 0 Å². The molecule has 155 valence electrons. The van der Waals surface area contributed by atoms with Gasteiger partial charge in [-0.1, -0.05) is 18.6 Å². The molecule has 8 nitrogen and oxygen atoms in total. The molecule has 1 radical (unpaired) electrons. The molecule has 1 amide bonds. The van der Waals surface area contributed by atoms with Crippen molar-refractivity contribution in [3.63, 3.8) is 0 Å². The van der Waals surface area contributed by atoms with Crippen LogP contribution in [-0.2, 0) is 16.1 Å². The molecule has 1 aliphatic carbocycles. The lowest BCUT2D eigenvalue weighted by atomic mass is 9.90. The number of benzene rings is 1. The Morgan fingerprint density at radius 1 is 1.37 bits per heavy atom. The first-order valence-electron chi connectivity index (χ1n) is 10.0. The van der Waals surface area contributed by atoms with Gasteiger partial charge in [-0.15, -0.1) is 0 Å². The van der Waals surface area contributed by atoms with E-state index in [1.807, 2.05) is 30.5 Å². The highest BCUT2D eigenvalue weighted by atomic mass is 16.5. The second kappa shape index (κ2) is 9.04. The van der Waals surface area contributed by atoms with Gasteiger partial charge in [0.05, 0.1) is 36.6 Å². The Morgan fingerprint density at radius 3 is 3.10 bits per heavy atom. The predicted octanol–water partition coefficient (Wildman–Crippen LogP) is 3.04. The third-order valence-electron chi connectivity index (χ3n) is 5.23. The number of anilines is 2. The highest BCUT2D eigenvalue weighted by Crippen LogP contribution is 2.34. The molecule has 3 N–H and O–H groups in total. The molecule has 0 saturated carbocycles. The quantitative estimate of drug-likeness (QED) is 0.585. The second-order valence-electron chi connectivity index (χ2n) is 7.31. The molecule has 4 rings (SSSR count). The summed E-state index contributed by atoms with van der Waals surface area (Å²) in [5.41, 5.74) is 10.2. The van der Waals surface area contributed by atoms with Gasteiger partial charge in [-0.3, -0.25) is 9.48 Å². The van der Waals surface area contributed by atoms with Gasteiger partial charge in [0.15, 0.2) is 0 Å². The van der Waals surface area contributed by atoms with E-state index in [1.54, 1.807) is 24.2 Å². The number of fused-ring (bicyclic) bond motifs is 1. The van der Waals surface area contributed by atoms with E-state index in [0.29, 0.717) is 19.1 Å². The van der Waals surface area contributed by atoms with Crippen LogP contribution in [0.2, 0.25) is 0 Å². The summed E-state index contributed by atoms with van der Waals surface area (Å²) in [6.45, 7) is 1.27. The number of methoxy groups -OCH3 is 1. The summed E-state index contributed by atoms with van der Waals surface area (Å²) in [6.07, 6.45) is 10.2. The van der Waals surface area contributed by atoms with Crippen LogP contribution in [0.1, 0.15) is 36.3 Å². The molecule has 1 aromatic carbocycles. The van der Waals surface area contributed by atoms with Crippen molar-refractivity contribution in [1.82, 2.24) is 19.7 Å². The number of rotatable bonds is 7. The second-order valence-corrected chi connectivity index (χ2v) is 7.31. The normalized spacial score (nSPS) is 16.0. The largest absolute Gasteiger partial charge is 0.383 e. The van der Waals surface area contributed by atoms with Crippen molar-refractivity contribution in [1.29, 1.82) is 0 Å². The number of aromatic nitrogens is 4. The zero-order chi connectivity index (χ0) is 20.9. The number of amides is 1. The van der Waals surface area contributed by atoms with Crippen LogP contribution < -0.4 is 11.1 Å². The maximum atomic E-state index is 12.0. The minimum absolute atomic E-state index is 0.268. The van der Waals surface area contributed by atoms with Crippen molar-refractivity contribution in [2.24, 2.45) is 5.73 Å². The van der Waals surface area contributed by atoms with Crippen LogP contribution >= 0.6 is 0 Å². The Morgan fingerprint density at radius 2 is 2.27 bits per heavy atom. The third kappa shape index (κ3) is 4.49. The summed E-state index contributed by atoms with van der Waals surface area (Å²) in [7, 11) is 1.66. The zero-order valence-corrected chi connectivity index (χ0v) is 16.9. The highest BCUT2D eigenvalue weighted by Gasteiger charge is 2.24. The maximum Gasteiger partial charge on any atom is 0.227 e. The molecule has 0 saturated heterocycles. The average Bonchev–Trinajstić information content (AvgIpc) is 3.08. The third-order valence-corrected chi connectivity index (χ3v) is 5.23. The summed E-state index contributed by atoms with van der Waals surface area (Å²) in [6, 6.07) is 7.95. The molecular weight excluding hydrogens is 380 g/mol. The Hall–Kier alpha value is -3.26. The lowest BCUT2D eigenvalue weighted by Gasteiger charge is -2.15. The summed E-state index contributed by atoms with van der Waals surface area (Å²) in [5.74, 6) is -0.0675. The Bertz CT molecular complexity index is 1030.